The van der Waals surface area contributed by atoms with Gasteiger partial charge in [-0.1, -0.05) is 0 Å². The molecule has 16 heavy (non-hydrogen) atoms. The summed E-state index contributed by atoms with van der Waals surface area (Å²) in [5.41, 5.74) is 13.5. The normalized spacial score (nSPS) is 10.0. The minimum absolute atomic E-state index is 0. The monoisotopic (exact) mass is 303 g/mol. The van der Waals surface area contributed by atoms with Crippen molar-refractivity contribution in [2.45, 2.75) is 0 Å². The predicted octanol–water partition coefficient (Wildman–Crippen LogP) is 1.18. The Hall–Kier alpha value is 0.229. The minimum atomic E-state index is -4.67. The van der Waals surface area contributed by atoms with Crippen molar-refractivity contribution in [1.29, 1.82) is 0 Å². The summed E-state index contributed by atoms with van der Waals surface area (Å²) in [5, 5.41) is 8.04. The Kier molecular flexibility index (Phi) is 20.5. The van der Waals surface area contributed by atoms with Gasteiger partial charge in [0.2, 0.25) is 0 Å². The van der Waals surface area contributed by atoms with Crippen molar-refractivity contribution in [3.8, 4) is 0 Å². The van der Waals surface area contributed by atoms with Crippen LogP contribution in [0, 0.1) is 0 Å². The average Bonchev–Trinajstić information content (AvgIpc) is 2.08. The second-order valence-electron chi connectivity index (χ2n) is 2.29. The SMILES string of the molecule is O=S(=O)(O)O.[Cu+2].[NH-]CC[N-]CC[N-]CC[NH-]. The maximum atomic E-state index is 8.74. The Balaban J connectivity index is -0.000000242. The molecule has 0 aromatic rings. The molecule has 0 unspecified atom stereocenters. The molecule has 0 aromatic heterocycles. The van der Waals surface area contributed by atoms with Crippen LogP contribution in [-0.2, 0) is 27.5 Å². The van der Waals surface area contributed by atoms with Crippen LogP contribution in [0.4, 0.5) is 0 Å². The van der Waals surface area contributed by atoms with Gasteiger partial charge in [0.25, 0.3) is 0 Å². The third-order valence-corrected chi connectivity index (χ3v) is 0.956. The Bertz CT molecular complexity index is 199. The zero-order chi connectivity index (χ0) is 12.2. The third-order valence-electron chi connectivity index (χ3n) is 0.956. The van der Waals surface area contributed by atoms with E-state index in [0.717, 1.165) is 13.1 Å². The first kappa shape index (κ1) is 21.5. The smallest absolute Gasteiger partial charge is 0.679 e. The van der Waals surface area contributed by atoms with Crippen molar-refractivity contribution in [1.82, 2.24) is 0 Å². The summed E-state index contributed by atoms with van der Waals surface area (Å²) < 4.78 is 31.6. The Morgan fingerprint density at radius 3 is 1.31 bits per heavy atom. The van der Waals surface area contributed by atoms with Gasteiger partial charge in [-0.3, -0.25) is 9.11 Å². The van der Waals surface area contributed by atoms with Gasteiger partial charge in [-0.15, -0.1) is 0 Å². The number of nitrogens with zero attached hydrogens (tertiary/aromatic N) is 2. The van der Waals surface area contributed by atoms with E-state index in [0.29, 0.717) is 26.2 Å². The summed E-state index contributed by atoms with van der Waals surface area (Å²) >= 11 is 0. The number of nitrogens with one attached hydrogen (secondary N) is 2. The van der Waals surface area contributed by atoms with Gasteiger partial charge in [0, 0.05) is 0 Å². The van der Waals surface area contributed by atoms with Crippen molar-refractivity contribution in [3.05, 3.63) is 22.1 Å². The van der Waals surface area contributed by atoms with Crippen LogP contribution in [0.2, 0.25) is 0 Å². The molecule has 0 aromatic carbocycles. The molecule has 0 saturated heterocycles. The first-order valence-corrected chi connectivity index (χ1v) is 5.57. The van der Waals surface area contributed by atoms with Gasteiger partial charge >= 0.3 is 27.5 Å². The summed E-state index contributed by atoms with van der Waals surface area (Å²) in [6, 6.07) is 0. The van der Waals surface area contributed by atoms with Gasteiger partial charge in [-0.25, -0.2) is 0 Å². The van der Waals surface area contributed by atoms with E-state index >= 15 is 0 Å². The van der Waals surface area contributed by atoms with E-state index in [4.69, 9.17) is 29.0 Å². The van der Waals surface area contributed by atoms with Crippen molar-refractivity contribution >= 4 is 10.4 Å². The largest absolute Gasteiger partial charge is 2.00 e. The fraction of sp³-hybridized carbons (Fsp3) is 1.00. The summed E-state index contributed by atoms with van der Waals surface area (Å²) in [6.45, 7) is 3.43. The van der Waals surface area contributed by atoms with Crippen LogP contribution >= 0.6 is 0 Å². The zero-order valence-corrected chi connectivity index (χ0v) is 10.3. The summed E-state index contributed by atoms with van der Waals surface area (Å²) in [6.07, 6.45) is 0. The van der Waals surface area contributed by atoms with E-state index in [-0.39, 0.29) is 17.1 Å². The molecule has 0 heterocycles. The average molecular weight is 304 g/mol. The van der Waals surface area contributed by atoms with Crippen LogP contribution in [0.15, 0.2) is 0 Å². The molecule has 0 spiro atoms. The van der Waals surface area contributed by atoms with Gasteiger partial charge in [-0.2, -0.15) is 47.7 Å². The molecule has 4 N–H and O–H groups in total. The van der Waals surface area contributed by atoms with Crippen molar-refractivity contribution in [2.75, 3.05) is 39.3 Å². The van der Waals surface area contributed by atoms with Crippen LogP contribution in [-0.4, -0.2) is 56.8 Å². The molecule has 0 saturated carbocycles. The fourth-order valence-electron chi connectivity index (χ4n) is 0.523. The van der Waals surface area contributed by atoms with Crippen LogP contribution in [0.5, 0.6) is 0 Å². The van der Waals surface area contributed by atoms with Crippen LogP contribution in [0.25, 0.3) is 22.1 Å². The molecule has 0 aliphatic heterocycles. The molecule has 0 aliphatic carbocycles. The topological polar surface area (TPSA) is 150 Å². The van der Waals surface area contributed by atoms with Crippen LogP contribution in [0.3, 0.4) is 0 Å². The van der Waals surface area contributed by atoms with E-state index in [1.807, 2.05) is 0 Å². The third kappa shape index (κ3) is 47.6. The molecular formula is C6H16CuN4O4S-2. The van der Waals surface area contributed by atoms with Gasteiger partial charge in [-0.05, 0) is 0 Å². The van der Waals surface area contributed by atoms with Gasteiger partial charge in [0.15, 0.2) is 0 Å². The maximum Gasteiger partial charge on any atom is 2.00 e. The van der Waals surface area contributed by atoms with Gasteiger partial charge in [0.1, 0.15) is 0 Å². The van der Waals surface area contributed by atoms with Crippen molar-refractivity contribution in [3.63, 3.8) is 0 Å². The molecule has 103 valence electrons. The molecule has 0 bridgehead atoms. The molecule has 0 fully saturated rings. The first-order valence-electron chi connectivity index (χ1n) is 4.17. The first-order chi connectivity index (χ1) is 6.91. The quantitative estimate of drug-likeness (QED) is 0.412. The van der Waals surface area contributed by atoms with Crippen molar-refractivity contribution in [2.24, 2.45) is 0 Å². The van der Waals surface area contributed by atoms with E-state index in [9.17, 15) is 0 Å². The van der Waals surface area contributed by atoms with E-state index < -0.39 is 10.4 Å². The zero-order valence-electron chi connectivity index (χ0n) is 8.56. The standard InChI is InChI=1S/C6H14N4.Cu.H2O4S/c7-1-3-9-5-6-10-4-2-8;;1-5(2,3)4/h7-8H,1-6H2;;(H2,1,2,3,4)/q-4;+2;. The summed E-state index contributed by atoms with van der Waals surface area (Å²) in [5.74, 6) is 0. The molecule has 10 heteroatoms. The molecule has 0 rings (SSSR count). The number of hydrogen-bond donors (Lipinski definition) is 2. The Labute approximate surface area is 107 Å². The minimum Gasteiger partial charge on any atom is -0.679 e. The Morgan fingerprint density at radius 1 is 0.875 bits per heavy atom. The van der Waals surface area contributed by atoms with Crippen molar-refractivity contribution < 1.29 is 34.6 Å². The Morgan fingerprint density at radius 2 is 1.12 bits per heavy atom. The van der Waals surface area contributed by atoms with E-state index in [2.05, 4.69) is 10.6 Å². The fourth-order valence-corrected chi connectivity index (χ4v) is 0.523. The number of hydrogen-bond acceptors (Lipinski definition) is 2. The van der Waals surface area contributed by atoms with E-state index in [1.54, 1.807) is 0 Å². The summed E-state index contributed by atoms with van der Waals surface area (Å²) in [4.78, 5) is 0. The molecule has 0 aliphatic rings. The molecule has 1 radical (unpaired) electrons. The molecular weight excluding hydrogens is 288 g/mol. The van der Waals surface area contributed by atoms with Gasteiger partial charge < -0.3 is 22.1 Å². The second kappa shape index (κ2) is 15.2. The van der Waals surface area contributed by atoms with E-state index in [1.165, 1.54) is 0 Å². The molecule has 8 nitrogen and oxygen atoms in total. The van der Waals surface area contributed by atoms with Crippen LogP contribution in [0.1, 0.15) is 0 Å². The predicted molar refractivity (Wildman–Crippen MR) is 58.7 cm³/mol. The van der Waals surface area contributed by atoms with Crippen LogP contribution < -0.4 is 0 Å². The summed E-state index contributed by atoms with van der Waals surface area (Å²) in [7, 11) is -4.67. The number of rotatable bonds is 7. The molecule has 0 atom stereocenters. The second-order valence-corrected chi connectivity index (χ2v) is 3.19. The maximum absolute atomic E-state index is 8.74. The van der Waals surface area contributed by atoms with Gasteiger partial charge in [0.05, 0.1) is 0 Å². The molecule has 0 amide bonds.